The van der Waals surface area contributed by atoms with Gasteiger partial charge in [-0.2, -0.15) is 5.26 Å². The number of hydrogen-bond acceptors (Lipinski definition) is 5. The number of Topliss-reactive ketones (excluding diaryl/α,β-unsaturated/α-hetero) is 1. The number of aryl methyl sites for hydroxylation is 2. The molecule has 0 saturated heterocycles. The largest absolute Gasteiger partial charge is 0.444 e. The number of nitrogens with zero attached hydrogens (tertiary/aromatic N) is 1. The van der Waals surface area contributed by atoms with Crippen molar-refractivity contribution in [2.75, 3.05) is 7.11 Å². The Balaban J connectivity index is 2.30. The molecule has 1 heterocycles. The Morgan fingerprint density at radius 3 is 2.57 bits per heavy atom. The minimum absolute atomic E-state index is 0.0316. The number of methoxy groups -OCH3 is 1. The predicted molar refractivity (Wildman–Crippen MR) is 107 cm³/mol. The molecule has 0 aromatic heterocycles. The Hall–Kier alpha value is -2.58. The van der Waals surface area contributed by atoms with Gasteiger partial charge < -0.3 is 15.2 Å². The maximum Gasteiger partial charge on any atom is 0.205 e. The third-order valence-electron chi connectivity index (χ3n) is 5.84. The second kappa shape index (κ2) is 7.10. The van der Waals surface area contributed by atoms with Crippen LogP contribution < -0.4 is 5.73 Å². The molecule has 0 amide bonds. The van der Waals surface area contributed by atoms with Gasteiger partial charge in [-0.25, -0.2) is 0 Å². The first-order chi connectivity index (χ1) is 13.1. The maximum absolute atomic E-state index is 13.2. The lowest BCUT2D eigenvalue weighted by atomic mass is 9.69. The highest BCUT2D eigenvalue weighted by Gasteiger charge is 2.43. The number of ketones is 1. The number of benzene rings is 1. The average molecular weight is 380 g/mol. The van der Waals surface area contributed by atoms with Crippen molar-refractivity contribution >= 4 is 5.78 Å². The van der Waals surface area contributed by atoms with Crippen LogP contribution in [0, 0.1) is 37.5 Å². The molecule has 1 aliphatic heterocycles. The molecule has 1 aromatic carbocycles. The van der Waals surface area contributed by atoms with Crippen molar-refractivity contribution in [2.24, 2.45) is 11.1 Å². The van der Waals surface area contributed by atoms with Gasteiger partial charge in [0.25, 0.3) is 0 Å². The van der Waals surface area contributed by atoms with Crippen molar-refractivity contribution in [3.63, 3.8) is 0 Å². The van der Waals surface area contributed by atoms with Gasteiger partial charge in [-0.3, -0.25) is 4.79 Å². The highest BCUT2D eigenvalue weighted by atomic mass is 16.5. The average Bonchev–Trinajstić information content (AvgIpc) is 2.56. The maximum atomic E-state index is 13.2. The fourth-order valence-corrected chi connectivity index (χ4v) is 4.63. The van der Waals surface area contributed by atoms with Crippen LogP contribution in [0.3, 0.4) is 0 Å². The number of nitriles is 1. The van der Waals surface area contributed by atoms with E-state index in [9.17, 15) is 10.1 Å². The summed E-state index contributed by atoms with van der Waals surface area (Å²) in [6.45, 7) is 10.7. The van der Waals surface area contributed by atoms with E-state index < -0.39 is 5.92 Å². The SMILES string of the molecule is COCc1c(C)cc(C)c([C@H]2C(C#N)=C(N)OC3=C2C(=O)CC(C)(C)C3)c1C. The highest BCUT2D eigenvalue weighted by Crippen LogP contribution is 2.49. The van der Waals surface area contributed by atoms with E-state index >= 15 is 0 Å². The molecule has 1 aromatic rings. The smallest absolute Gasteiger partial charge is 0.205 e. The quantitative estimate of drug-likeness (QED) is 0.849. The molecular formula is C23H28N2O3. The Kier molecular flexibility index (Phi) is 5.12. The zero-order valence-electron chi connectivity index (χ0n) is 17.5. The minimum Gasteiger partial charge on any atom is -0.444 e. The van der Waals surface area contributed by atoms with Crippen LogP contribution >= 0.6 is 0 Å². The molecule has 1 atom stereocenters. The number of carbonyl (C=O) groups is 1. The molecule has 2 aliphatic rings. The van der Waals surface area contributed by atoms with Crippen molar-refractivity contribution in [1.82, 2.24) is 0 Å². The summed E-state index contributed by atoms with van der Waals surface area (Å²) in [7, 11) is 1.67. The molecule has 0 radical (unpaired) electrons. The number of nitrogens with two attached hydrogens (primary N) is 1. The third kappa shape index (κ3) is 3.22. The summed E-state index contributed by atoms with van der Waals surface area (Å²) in [4.78, 5) is 13.2. The van der Waals surface area contributed by atoms with E-state index in [1.54, 1.807) is 7.11 Å². The fraction of sp³-hybridized carbons (Fsp3) is 0.478. The van der Waals surface area contributed by atoms with E-state index in [0.717, 1.165) is 27.8 Å². The van der Waals surface area contributed by atoms with E-state index in [4.69, 9.17) is 15.2 Å². The van der Waals surface area contributed by atoms with Crippen molar-refractivity contribution < 1.29 is 14.3 Å². The first-order valence-electron chi connectivity index (χ1n) is 9.53. The van der Waals surface area contributed by atoms with Gasteiger partial charge >= 0.3 is 0 Å². The number of hydrogen-bond donors (Lipinski definition) is 1. The molecule has 1 aliphatic carbocycles. The first-order valence-corrected chi connectivity index (χ1v) is 9.53. The van der Waals surface area contributed by atoms with E-state index in [0.29, 0.717) is 36.4 Å². The highest BCUT2D eigenvalue weighted by molar-refractivity contribution is 6.00. The van der Waals surface area contributed by atoms with Gasteiger partial charge in [0.15, 0.2) is 5.78 Å². The van der Waals surface area contributed by atoms with Crippen LogP contribution in [0.4, 0.5) is 0 Å². The summed E-state index contributed by atoms with van der Waals surface area (Å²) in [6.07, 6.45) is 1.05. The lowest BCUT2D eigenvalue weighted by Gasteiger charge is -2.38. The normalized spacial score (nSPS) is 21.3. The lowest BCUT2D eigenvalue weighted by molar-refractivity contribution is -0.119. The van der Waals surface area contributed by atoms with Gasteiger partial charge in [0.1, 0.15) is 17.4 Å². The molecule has 0 unspecified atom stereocenters. The van der Waals surface area contributed by atoms with E-state index in [2.05, 4.69) is 19.1 Å². The molecule has 0 fully saturated rings. The van der Waals surface area contributed by atoms with Crippen LogP contribution in [-0.4, -0.2) is 12.9 Å². The second-order valence-electron chi connectivity index (χ2n) is 8.66. The molecule has 0 saturated carbocycles. The Bertz CT molecular complexity index is 961. The van der Waals surface area contributed by atoms with Gasteiger partial charge in [0, 0.05) is 25.5 Å². The summed E-state index contributed by atoms with van der Waals surface area (Å²) < 4.78 is 11.2. The molecular weight excluding hydrogens is 352 g/mol. The van der Waals surface area contributed by atoms with E-state index in [1.807, 2.05) is 27.7 Å². The Labute approximate surface area is 166 Å². The Morgan fingerprint density at radius 1 is 1.29 bits per heavy atom. The zero-order valence-corrected chi connectivity index (χ0v) is 17.5. The molecule has 5 heteroatoms. The monoisotopic (exact) mass is 380 g/mol. The van der Waals surface area contributed by atoms with Crippen molar-refractivity contribution in [2.45, 2.75) is 60.0 Å². The van der Waals surface area contributed by atoms with Crippen molar-refractivity contribution in [3.8, 4) is 6.07 Å². The van der Waals surface area contributed by atoms with Gasteiger partial charge in [-0.15, -0.1) is 0 Å². The standard InChI is InChI=1S/C23H28N2O3/c1-12-7-13(2)19(14(3)16(12)11-27-6)20-15(10-24)22(25)28-18-9-23(4,5)8-17(26)21(18)20/h7,20H,8-9,11,25H2,1-6H3/t20-/m1/s1. The third-order valence-corrected chi connectivity index (χ3v) is 5.84. The molecule has 5 nitrogen and oxygen atoms in total. The lowest BCUT2D eigenvalue weighted by Crippen LogP contribution is -2.34. The number of carbonyl (C=O) groups excluding carboxylic acids is 1. The van der Waals surface area contributed by atoms with E-state index in [1.165, 1.54) is 0 Å². The number of rotatable bonds is 3. The molecule has 3 rings (SSSR count). The van der Waals surface area contributed by atoms with Gasteiger partial charge in [0.2, 0.25) is 5.88 Å². The summed E-state index contributed by atoms with van der Waals surface area (Å²) in [5.41, 5.74) is 12.1. The number of allylic oxidation sites excluding steroid dienone is 3. The molecule has 2 N–H and O–H groups in total. The Morgan fingerprint density at radius 2 is 1.96 bits per heavy atom. The fourth-order valence-electron chi connectivity index (χ4n) is 4.63. The van der Waals surface area contributed by atoms with Crippen LogP contribution in [0.5, 0.6) is 0 Å². The van der Waals surface area contributed by atoms with Crippen LogP contribution in [0.25, 0.3) is 0 Å². The number of ether oxygens (including phenoxy) is 2. The van der Waals surface area contributed by atoms with Crippen LogP contribution in [0.15, 0.2) is 28.9 Å². The second-order valence-corrected chi connectivity index (χ2v) is 8.66. The molecule has 0 spiro atoms. The summed E-state index contributed by atoms with van der Waals surface area (Å²) >= 11 is 0. The van der Waals surface area contributed by atoms with Crippen LogP contribution in [0.2, 0.25) is 0 Å². The summed E-state index contributed by atoms with van der Waals surface area (Å²) in [5, 5.41) is 9.85. The van der Waals surface area contributed by atoms with Gasteiger partial charge in [0.05, 0.1) is 12.5 Å². The zero-order chi connectivity index (χ0) is 20.8. The van der Waals surface area contributed by atoms with Gasteiger partial charge in [-0.1, -0.05) is 19.9 Å². The van der Waals surface area contributed by atoms with Crippen LogP contribution in [-0.2, 0) is 20.9 Å². The van der Waals surface area contributed by atoms with E-state index in [-0.39, 0.29) is 17.1 Å². The summed E-state index contributed by atoms with van der Waals surface area (Å²) in [6, 6.07) is 4.30. The topological polar surface area (TPSA) is 85.3 Å². The van der Waals surface area contributed by atoms with Gasteiger partial charge in [-0.05, 0) is 54.0 Å². The predicted octanol–water partition coefficient (Wildman–Crippen LogP) is 4.21. The van der Waals surface area contributed by atoms with Crippen LogP contribution in [0.1, 0.15) is 60.4 Å². The first kappa shape index (κ1) is 20.2. The molecule has 0 bridgehead atoms. The van der Waals surface area contributed by atoms with Crippen molar-refractivity contribution in [3.05, 3.63) is 56.7 Å². The molecule has 28 heavy (non-hydrogen) atoms. The molecule has 148 valence electrons. The minimum atomic E-state index is -0.492. The summed E-state index contributed by atoms with van der Waals surface area (Å²) in [5.74, 6) is 0.248. The van der Waals surface area contributed by atoms with Crippen molar-refractivity contribution in [1.29, 1.82) is 5.26 Å².